The van der Waals surface area contributed by atoms with E-state index in [0.717, 1.165) is 25.1 Å². The summed E-state index contributed by atoms with van der Waals surface area (Å²) < 4.78 is 11.1. The summed E-state index contributed by atoms with van der Waals surface area (Å²) in [4.78, 5) is 13.5. The molecule has 0 aliphatic carbocycles. The summed E-state index contributed by atoms with van der Waals surface area (Å²) in [6.45, 7) is 2.86. The number of carbonyl (C=O) groups excluding carboxylic acids is 1. The molecule has 2 rings (SSSR count). The van der Waals surface area contributed by atoms with E-state index in [4.69, 9.17) is 9.47 Å². The number of rotatable bonds is 6. The SMILES string of the molecule is COc1cccc([C@H](C)NC[C@@H]2CC[C@H](C(=O)N(C)C)O2)c1. The lowest BCUT2D eigenvalue weighted by molar-refractivity contribution is -0.140. The molecule has 0 unspecified atom stereocenters. The van der Waals surface area contributed by atoms with Gasteiger partial charge < -0.3 is 19.7 Å². The van der Waals surface area contributed by atoms with E-state index < -0.39 is 0 Å². The molecule has 0 spiro atoms. The average Bonchev–Trinajstić information content (AvgIpc) is 3.00. The Bertz CT molecular complexity index is 504. The van der Waals surface area contributed by atoms with Crippen molar-refractivity contribution in [2.45, 2.75) is 38.0 Å². The van der Waals surface area contributed by atoms with E-state index in [0.29, 0.717) is 0 Å². The van der Waals surface area contributed by atoms with Gasteiger partial charge in [0.2, 0.25) is 0 Å². The van der Waals surface area contributed by atoms with Gasteiger partial charge in [0.15, 0.2) is 0 Å². The molecular weight excluding hydrogens is 280 g/mol. The maximum Gasteiger partial charge on any atom is 0.251 e. The minimum Gasteiger partial charge on any atom is -0.497 e. The third-order valence-corrected chi connectivity index (χ3v) is 4.07. The molecule has 1 saturated heterocycles. The minimum absolute atomic E-state index is 0.0587. The summed E-state index contributed by atoms with van der Waals surface area (Å²) in [5, 5.41) is 3.48. The van der Waals surface area contributed by atoms with Crippen LogP contribution >= 0.6 is 0 Å². The molecule has 1 aliphatic heterocycles. The summed E-state index contributed by atoms with van der Waals surface area (Å²) in [5.74, 6) is 0.920. The smallest absolute Gasteiger partial charge is 0.251 e. The largest absolute Gasteiger partial charge is 0.497 e. The molecule has 1 aliphatic rings. The molecule has 22 heavy (non-hydrogen) atoms. The van der Waals surface area contributed by atoms with Gasteiger partial charge in [-0.3, -0.25) is 4.79 Å². The maximum absolute atomic E-state index is 11.9. The van der Waals surface area contributed by atoms with E-state index in [1.807, 2.05) is 18.2 Å². The van der Waals surface area contributed by atoms with Gasteiger partial charge in [0, 0.05) is 26.7 Å². The van der Waals surface area contributed by atoms with E-state index in [1.54, 1.807) is 26.1 Å². The number of hydrogen-bond acceptors (Lipinski definition) is 4. The van der Waals surface area contributed by atoms with Gasteiger partial charge in [-0.2, -0.15) is 0 Å². The number of benzene rings is 1. The highest BCUT2D eigenvalue weighted by Crippen LogP contribution is 2.22. The number of methoxy groups -OCH3 is 1. The first kappa shape index (κ1) is 16.8. The van der Waals surface area contributed by atoms with Crippen LogP contribution in [0.15, 0.2) is 24.3 Å². The molecule has 1 N–H and O–H groups in total. The lowest BCUT2D eigenvalue weighted by Crippen LogP contribution is -2.35. The zero-order valence-electron chi connectivity index (χ0n) is 13.8. The molecule has 3 atom stereocenters. The van der Waals surface area contributed by atoms with Gasteiger partial charge in [-0.25, -0.2) is 0 Å². The van der Waals surface area contributed by atoms with Crippen LogP contribution in [0.1, 0.15) is 31.4 Å². The molecule has 5 nitrogen and oxygen atoms in total. The number of likely N-dealkylation sites (N-methyl/N-ethyl adjacent to an activating group) is 1. The van der Waals surface area contributed by atoms with E-state index in [9.17, 15) is 4.79 Å². The van der Waals surface area contributed by atoms with Crippen molar-refractivity contribution in [2.24, 2.45) is 0 Å². The standard InChI is InChI=1S/C17H26N2O3/c1-12(13-6-5-7-14(10-13)21-4)18-11-15-8-9-16(22-15)17(20)19(2)3/h5-7,10,12,15-16,18H,8-9,11H2,1-4H3/t12-,15-,16+/m0/s1. The first-order chi connectivity index (χ1) is 10.5. The predicted octanol–water partition coefficient (Wildman–Crippen LogP) is 1.98. The first-order valence-electron chi connectivity index (χ1n) is 7.75. The summed E-state index contributed by atoms with van der Waals surface area (Å²) in [5.41, 5.74) is 1.18. The molecule has 122 valence electrons. The Balaban J connectivity index is 1.82. The van der Waals surface area contributed by atoms with Gasteiger partial charge in [-0.1, -0.05) is 12.1 Å². The molecule has 0 radical (unpaired) electrons. The molecule has 0 saturated carbocycles. The van der Waals surface area contributed by atoms with Crippen LogP contribution in [0.5, 0.6) is 5.75 Å². The van der Waals surface area contributed by atoms with Crippen LogP contribution in [0.2, 0.25) is 0 Å². The van der Waals surface area contributed by atoms with Crippen LogP contribution in [-0.2, 0) is 9.53 Å². The summed E-state index contributed by atoms with van der Waals surface area (Å²) in [7, 11) is 5.20. The Morgan fingerprint density at radius 3 is 2.91 bits per heavy atom. The topological polar surface area (TPSA) is 50.8 Å². The van der Waals surface area contributed by atoms with Crippen molar-refractivity contribution in [2.75, 3.05) is 27.7 Å². The fraction of sp³-hybridized carbons (Fsp3) is 0.588. The Morgan fingerprint density at radius 1 is 1.45 bits per heavy atom. The number of carbonyl (C=O) groups is 1. The number of nitrogens with one attached hydrogen (secondary N) is 1. The van der Waals surface area contributed by atoms with E-state index in [2.05, 4.69) is 18.3 Å². The third-order valence-electron chi connectivity index (χ3n) is 4.07. The predicted molar refractivity (Wildman–Crippen MR) is 86.0 cm³/mol. The lowest BCUT2D eigenvalue weighted by Gasteiger charge is -2.20. The number of hydrogen-bond donors (Lipinski definition) is 1. The van der Waals surface area contributed by atoms with Gasteiger partial charge in [0.05, 0.1) is 13.2 Å². The second-order valence-corrected chi connectivity index (χ2v) is 5.96. The molecule has 0 aromatic heterocycles. The van der Waals surface area contributed by atoms with Gasteiger partial charge >= 0.3 is 0 Å². The molecule has 5 heteroatoms. The van der Waals surface area contributed by atoms with Crippen LogP contribution < -0.4 is 10.1 Å². The Morgan fingerprint density at radius 2 is 2.23 bits per heavy atom. The Labute approximate surface area is 132 Å². The average molecular weight is 306 g/mol. The van der Waals surface area contributed by atoms with Crippen molar-refractivity contribution >= 4 is 5.91 Å². The fourth-order valence-corrected chi connectivity index (χ4v) is 2.66. The number of nitrogens with zero attached hydrogens (tertiary/aromatic N) is 1. The number of amides is 1. The van der Waals surface area contributed by atoms with Crippen molar-refractivity contribution in [3.8, 4) is 5.75 Å². The van der Waals surface area contributed by atoms with Gasteiger partial charge in [0.25, 0.3) is 5.91 Å². The van der Waals surface area contributed by atoms with E-state index in [1.165, 1.54) is 5.56 Å². The van der Waals surface area contributed by atoms with Crippen molar-refractivity contribution in [3.05, 3.63) is 29.8 Å². The number of ether oxygens (including phenoxy) is 2. The lowest BCUT2D eigenvalue weighted by atomic mass is 10.1. The Hall–Kier alpha value is -1.59. The van der Waals surface area contributed by atoms with Crippen LogP contribution in [0.4, 0.5) is 0 Å². The fourth-order valence-electron chi connectivity index (χ4n) is 2.66. The van der Waals surface area contributed by atoms with Crippen LogP contribution in [-0.4, -0.2) is 50.8 Å². The van der Waals surface area contributed by atoms with Crippen LogP contribution in [0.25, 0.3) is 0 Å². The molecule has 1 aromatic rings. The normalized spacial score (nSPS) is 22.4. The quantitative estimate of drug-likeness (QED) is 0.873. The zero-order chi connectivity index (χ0) is 16.1. The van der Waals surface area contributed by atoms with Crippen molar-refractivity contribution in [1.29, 1.82) is 0 Å². The van der Waals surface area contributed by atoms with E-state index >= 15 is 0 Å². The first-order valence-corrected chi connectivity index (χ1v) is 7.75. The highest BCUT2D eigenvalue weighted by atomic mass is 16.5. The van der Waals surface area contributed by atoms with Crippen LogP contribution in [0.3, 0.4) is 0 Å². The summed E-state index contributed by atoms with van der Waals surface area (Å²) in [6.07, 6.45) is 1.54. The summed E-state index contributed by atoms with van der Waals surface area (Å²) >= 11 is 0. The van der Waals surface area contributed by atoms with Crippen molar-refractivity contribution < 1.29 is 14.3 Å². The monoisotopic (exact) mass is 306 g/mol. The molecule has 1 amide bonds. The Kier molecular flexibility index (Phi) is 5.80. The molecule has 0 bridgehead atoms. The van der Waals surface area contributed by atoms with Gasteiger partial charge in [-0.15, -0.1) is 0 Å². The highest BCUT2D eigenvalue weighted by Gasteiger charge is 2.31. The molecule has 1 fully saturated rings. The molecular formula is C17H26N2O3. The second kappa shape index (κ2) is 7.61. The second-order valence-electron chi connectivity index (χ2n) is 5.96. The third kappa shape index (κ3) is 4.21. The summed E-state index contributed by atoms with van der Waals surface area (Å²) in [6, 6.07) is 8.25. The van der Waals surface area contributed by atoms with E-state index in [-0.39, 0.29) is 24.2 Å². The highest BCUT2D eigenvalue weighted by molar-refractivity contribution is 5.80. The molecule has 1 heterocycles. The molecule has 1 aromatic carbocycles. The van der Waals surface area contributed by atoms with Crippen molar-refractivity contribution in [1.82, 2.24) is 10.2 Å². The van der Waals surface area contributed by atoms with Gasteiger partial charge in [0.1, 0.15) is 11.9 Å². The van der Waals surface area contributed by atoms with Crippen LogP contribution in [0, 0.1) is 0 Å². The minimum atomic E-state index is -0.283. The maximum atomic E-state index is 11.9. The zero-order valence-corrected chi connectivity index (χ0v) is 13.8. The van der Waals surface area contributed by atoms with Crippen molar-refractivity contribution in [3.63, 3.8) is 0 Å². The van der Waals surface area contributed by atoms with Gasteiger partial charge in [-0.05, 0) is 37.5 Å².